The molecule has 0 spiro atoms. The van der Waals surface area contributed by atoms with Crippen LogP contribution >= 0.6 is 0 Å². The van der Waals surface area contributed by atoms with Gasteiger partial charge in [0.15, 0.2) is 0 Å². The zero-order chi connectivity index (χ0) is 17.3. The Bertz CT molecular complexity index is 659. The van der Waals surface area contributed by atoms with Gasteiger partial charge in [-0.1, -0.05) is 6.07 Å². The van der Waals surface area contributed by atoms with Gasteiger partial charge < -0.3 is 15.4 Å². The van der Waals surface area contributed by atoms with Gasteiger partial charge in [0.2, 0.25) is 5.91 Å². The Kier molecular flexibility index (Phi) is 4.80. The van der Waals surface area contributed by atoms with Gasteiger partial charge in [0.05, 0.1) is 18.2 Å². The van der Waals surface area contributed by atoms with Crippen molar-refractivity contribution in [2.45, 2.75) is 50.8 Å². The molecular weight excluding hydrogens is 318 g/mol. The third-order valence-electron chi connectivity index (χ3n) is 4.64. The topological polar surface area (TPSA) is 67.4 Å². The Morgan fingerprint density at radius 1 is 1.33 bits per heavy atom. The van der Waals surface area contributed by atoms with Crippen molar-refractivity contribution in [3.63, 3.8) is 0 Å². The molecule has 2 heterocycles. The van der Waals surface area contributed by atoms with Crippen LogP contribution in [0, 0.1) is 18.6 Å². The molecule has 3 rings (SSSR count). The number of aryl methyl sites for hydroxylation is 1. The van der Waals surface area contributed by atoms with E-state index >= 15 is 0 Å². The zero-order valence-electron chi connectivity index (χ0n) is 13.4. The summed E-state index contributed by atoms with van der Waals surface area (Å²) >= 11 is 0. The molecule has 2 fully saturated rings. The SMILES string of the molecule is Cc1ccc(F)c(C(=O)N[C@@H]2CCC(=O)N[C@H]2[C@H]2CCCO2)c1F. The summed E-state index contributed by atoms with van der Waals surface area (Å²) in [7, 11) is 0. The van der Waals surface area contributed by atoms with Crippen LogP contribution in [0.2, 0.25) is 0 Å². The second kappa shape index (κ2) is 6.84. The number of ether oxygens (including phenoxy) is 1. The van der Waals surface area contributed by atoms with Crippen molar-refractivity contribution >= 4 is 11.8 Å². The Hall–Kier alpha value is -2.02. The molecule has 2 aliphatic rings. The first-order chi connectivity index (χ1) is 11.5. The van der Waals surface area contributed by atoms with Crippen molar-refractivity contribution in [3.8, 4) is 0 Å². The smallest absolute Gasteiger partial charge is 0.257 e. The lowest BCUT2D eigenvalue weighted by atomic mass is 9.92. The number of amides is 2. The molecule has 130 valence electrons. The minimum Gasteiger partial charge on any atom is -0.376 e. The highest BCUT2D eigenvalue weighted by Crippen LogP contribution is 2.23. The summed E-state index contributed by atoms with van der Waals surface area (Å²) in [5, 5.41) is 5.52. The van der Waals surface area contributed by atoms with Crippen LogP contribution in [0.3, 0.4) is 0 Å². The van der Waals surface area contributed by atoms with E-state index in [9.17, 15) is 18.4 Å². The van der Waals surface area contributed by atoms with Gasteiger partial charge in [0, 0.05) is 13.0 Å². The van der Waals surface area contributed by atoms with Crippen molar-refractivity contribution in [1.29, 1.82) is 0 Å². The third kappa shape index (κ3) is 3.26. The fourth-order valence-electron chi connectivity index (χ4n) is 3.33. The molecule has 5 nitrogen and oxygen atoms in total. The van der Waals surface area contributed by atoms with Crippen LogP contribution in [0.15, 0.2) is 12.1 Å². The van der Waals surface area contributed by atoms with Crippen LogP contribution in [0.1, 0.15) is 41.6 Å². The lowest BCUT2D eigenvalue weighted by Gasteiger charge is -2.36. The summed E-state index contributed by atoms with van der Waals surface area (Å²) in [4.78, 5) is 24.1. The van der Waals surface area contributed by atoms with Crippen LogP contribution in [-0.4, -0.2) is 36.6 Å². The fourth-order valence-corrected chi connectivity index (χ4v) is 3.33. The molecule has 0 unspecified atom stereocenters. The molecule has 0 saturated carbocycles. The van der Waals surface area contributed by atoms with Crippen molar-refractivity contribution in [2.75, 3.05) is 6.61 Å². The van der Waals surface area contributed by atoms with Gasteiger partial charge in [-0.3, -0.25) is 9.59 Å². The maximum atomic E-state index is 14.1. The number of piperidine rings is 1. The van der Waals surface area contributed by atoms with E-state index in [1.54, 1.807) is 0 Å². The number of rotatable bonds is 3. The Morgan fingerprint density at radius 3 is 2.83 bits per heavy atom. The van der Waals surface area contributed by atoms with Crippen LogP contribution in [0.25, 0.3) is 0 Å². The maximum absolute atomic E-state index is 14.1. The van der Waals surface area contributed by atoms with Crippen LogP contribution in [0.4, 0.5) is 8.78 Å². The molecule has 2 aliphatic heterocycles. The third-order valence-corrected chi connectivity index (χ3v) is 4.64. The molecule has 2 amide bonds. The highest BCUT2D eigenvalue weighted by Gasteiger charge is 2.38. The first-order valence-electron chi connectivity index (χ1n) is 8.14. The highest BCUT2D eigenvalue weighted by molar-refractivity contribution is 5.95. The number of halogens is 2. The maximum Gasteiger partial charge on any atom is 0.257 e. The lowest BCUT2D eigenvalue weighted by Crippen LogP contribution is -2.60. The summed E-state index contributed by atoms with van der Waals surface area (Å²) in [6.07, 6.45) is 2.15. The normalized spacial score (nSPS) is 27.0. The van der Waals surface area contributed by atoms with E-state index in [-0.39, 0.29) is 30.0 Å². The minimum absolute atomic E-state index is 0.103. The number of carbonyl (C=O) groups excluding carboxylic acids is 2. The van der Waals surface area contributed by atoms with Crippen LogP contribution < -0.4 is 10.6 Å². The summed E-state index contributed by atoms with van der Waals surface area (Å²) in [6, 6.07) is 1.57. The van der Waals surface area contributed by atoms with Crippen molar-refractivity contribution < 1.29 is 23.1 Å². The average Bonchev–Trinajstić information content (AvgIpc) is 3.07. The predicted octanol–water partition coefficient (Wildman–Crippen LogP) is 1.83. The number of nitrogens with one attached hydrogen (secondary N) is 2. The average molecular weight is 338 g/mol. The molecule has 3 atom stereocenters. The molecule has 0 aromatic heterocycles. The molecule has 1 aromatic rings. The van der Waals surface area contributed by atoms with E-state index < -0.39 is 29.1 Å². The Labute approximate surface area is 138 Å². The largest absolute Gasteiger partial charge is 0.376 e. The number of hydrogen-bond acceptors (Lipinski definition) is 3. The Morgan fingerprint density at radius 2 is 2.12 bits per heavy atom. The molecule has 2 N–H and O–H groups in total. The van der Waals surface area contributed by atoms with Gasteiger partial charge in [-0.05, 0) is 37.8 Å². The summed E-state index contributed by atoms with van der Waals surface area (Å²) in [6.45, 7) is 2.08. The molecule has 7 heteroatoms. The standard InChI is InChI=1S/C17H20F2N2O3/c1-9-4-5-10(18)14(15(9)19)17(23)20-11-6-7-13(22)21-16(11)12-3-2-8-24-12/h4-5,11-12,16H,2-3,6-8H2,1H3,(H,20,23)(H,21,22)/t11-,12-,16-/m1/s1. The van der Waals surface area contributed by atoms with E-state index in [2.05, 4.69) is 10.6 Å². The fraction of sp³-hybridized carbons (Fsp3) is 0.529. The van der Waals surface area contributed by atoms with Crippen molar-refractivity contribution in [2.24, 2.45) is 0 Å². The molecule has 0 bridgehead atoms. The monoisotopic (exact) mass is 338 g/mol. The summed E-state index contributed by atoms with van der Waals surface area (Å²) in [5.74, 6) is -2.67. The summed E-state index contributed by atoms with van der Waals surface area (Å²) in [5.41, 5.74) is -0.382. The van der Waals surface area contributed by atoms with E-state index in [0.29, 0.717) is 13.0 Å². The Balaban J connectivity index is 1.79. The molecule has 0 radical (unpaired) electrons. The van der Waals surface area contributed by atoms with Gasteiger partial charge in [0.25, 0.3) is 5.91 Å². The quantitative estimate of drug-likeness (QED) is 0.884. The number of carbonyl (C=O) groups is 2. The molecular formula is C17H20F2N2O3. The molecule has 1 aromatic carbocycles. The molecule has 2 saturated heterocycles. The van der Waals surface area contributed by atoms with E-state index in [0.717, 1.165) is 18.9 Å². The van der Waals surface area contributed by atoms with Gasteiger partial charge >= 0.3 is 0 Å². The molecule has 24 heavy (non-hydrogen) atoms. The van der Waals surface area contributed by atoms with Crippen molar-refractivity contribution in [3.05, 3.63) is 34.9 Å². The van der Waals surface area contributed by atoms with Gasteiger partial charge in [-0.15, -0.1) is 0 Å². The predicted molar refractivity (Wildman–Crippen MR) is 82.5 cm³/mol. The second-order valence-electron chi connectivity index (χ2n) is 6.32. The minimum atomic E-state index is -0.899. The number of hydrogen-bond donors (Lipinski definition) is 2. The zero-order valence-corrected chi connectivity index (χ0v) is 13.4. The lowest BCUT2D eigenvalue weighted by molar-refractivity contribution is -0.125. The first-order valence-corrected chi connectivity index (χ1v) is 8.14. The van der Waals surface area contributed by atoms with E-state index in [1.807, 2.05) is 0 Å². The summed E-state index contributed by atoms with van der Waals surface area (Å²) < 4.78 is 33.6. The van der Waals surface area contributed by atoms with E-state index in [1.165, 1.54) is 13.0 Å². The van der Waals surface area contributed by atoms with Gasteiger partial charge in [0.1, 0.15) is 17.2 Å². The van der Waals surface area contributed by atoms with Gasteiger partial charge in [-0.2, -0.15) is 0 Å². The van der Waals surface area contributed by atoms with E-state index in [4.69, 9.17) is 4.74 Å². The van der Waals surface area contributed by atoms with Crippen molar-refractivity contribution in [1.82, 2.24) is 10.6 Å². The van der Waals surface area contributed by atoms with Crippen LogP contribution in [0.5, 0.6) is 0 Å². The van der Waals surface area contributed by atoms with Gasteiger partial charge in [-0.25, -0.2) is 8.78 Å². The van der Waals surface area contributed by atoms with Crippen LogP contribution in [-0.2, 0) is 9.53 Å². The second-order valence-corrected chi connectivity index (χ2v) is 6.32. The first kappa shape index (κ1) is 16.8. The molecule has 0 aliphatic carbocycles. The highest BCUT2D eigenvalue weighted by atomic mass is 19.1. The number of benzene rings is 1.